The number of carbonyl (C=O) groups is 2. The van der Waals surface area contributed by atoms with Crippen LogP contribution in [0.5, 0.6) is 0 Å². The van der Waals surface area contributed by atoms with Gasteiger partial charge in [0.1, 0.15) is 12.7 Å². The quantitative estimate of drug-likeness (QED) is 0.757. The molecule has 21 heavy (non-hydrogen) atoms. The number of rotatable bonds is 6. The topological polar surface area (TPSA) is 55.8 Å². The van der Waals surface area contributed by atoms with Gasteiger partial charge in [-0.25, -0.2) is 9.59 Å². The standard InChI is InChI=1S/C16H23NO4/c1-5-17(6-2)16(19)21-13(4)11-20-15(18)14-9-7-12(3)8-10-14/h7-10,13H,5-6,11H2,1-4H3. The number of ether oxygens (including phenoxy) is 2. The summed E-state index contributed by atoms with van der Waals surface area (Å²) in [6, 6.07) is 7.12. The Morgan fingerprint density at radius 1 is 1.14 bits per heavy atom. The highest BCUT2D eigenvalue weighted by Crippen LogP contribution is 2.06. The third kappa shape index (κ3) is 5.45. The summed E-state index contributed by atoms with van der Waals surface area (Å²) in [5.41, 5.74) is 1.57. The van der Waals surface area contributed by atoms with Crippen LogP contribution in [0.15, 0.2) is 24.3 Å². The molecule has 116 valence electrons. The van der Waals surface area contributed by atoms with Crippen LogP contribution < -0.4 is 0 Å². The zero-order valence-corrected chi connectivity index (χ0v) is 13.1. The Balaban J connectivity index is 2.42. The lowest BCUT2D eigenvalue weighted by Gasteiger charge is -2.21. The Hall–Kier alpha value is -2.04. The number of nitrogens with zero attached hydrogens (tertiary/aromatic N) is 1. The van der Waals surface area contributed by atoms with Crippen molar-refractivity contribution >= 4 is 12.1 Å². The van der Waals surface area contributed by atoms with Crippen LogP contribution in [-0.2, 0) is 9.47 Å². The molecule has 1 amide bonds. The van der Waals surface area contributed by atoms with Gasteiger partial charge in [-0.3, -0.25) is 0 Å². The molecule has 0 heterocycles. The van der Waals surface area contributed by atoms with E-state index in [-0.39, 0.29) is 12.7 Å². The normalized spacial score (nSPS) is 11.6. The molecule has 1 aromatic rings. The molecule has 1 unspecified atom stereocenters. The molecule has 0 N–H and O–H groups in total. The zero-order chi connectivity index (χ0) is 15.8. The molecule has 0 aliphatic rings. The van der Waals surface area contributed by atoms with Crippen molar-refractivity contribution in [1.29, 1.82) is 0 Å². The van der Waals surface area contributed by atoms with Crippen molar-refractivity contribution in [3.63, 3.8) is 0 Å². The minimum absolute atomic E-state index is 0.0414. The van der Waals surface area contributed by atoms with Gasteiger partial charge in [0.2, 0.25) is 0 Å². The van der Waals surface area contributed by atoms with Crippen molar-refractivity contribution in [2.45, 2.75) is 33.8 Å². The Morgan fingerprint density at radius 3 is 2.24 bits per heavy atom. The average Bonchev–Trinajstić information content (AvgIpc) is 2.46. The maximum absolute atomic E-state index is 11.8. The second kappa shape index (κ2) is 8.29. The van der Waals surface area contributed by atoms with E-state index in [9.17, 15) is 9.59 Å². The van der Waals surface area contributed by atoms with Gasteiger partial charge in [0.25, 0.3) is 0 Å². The Morgan fingerprint density at radius 2 is 1.71 bits per heavy atom. The molecule has 0 saturated carbocycles. The predicted octanol–water partition coefficient (Wildman–Crippen LogP) is 3.02. The molecule has 1 atom stereocenters. The molecule has 0 fully saturated rings. The number of benzene rings is 1. The van der Waals surface area contributed by atoms with E-state index < -0.39 is 12.1 Å². The fourth-order valence-electron chi connectivity index (χ4n) is 1.73. The summed E-state index contributed by atoms with van der Waals surface area (Å²) >= 11 is 0. The maximum Gasteiger partial charge on any atom is 0.410 e. The number of hydrogen-bond donors (Lipinski definition) is 0. The summed E-state index contributed by atoms with van der Waals surface area (Å²) in [5.74, 6) is -0.416. The van der Waals surface area contributed by atoms with Gasteiger partial charge in [0.15, 0.2) is 0 Å². The summed E-state index contributed by atoms with van der Waals surface area (Å²) in [6.45, 7) is 8.63. The van der Waals surface area contributed by atoms with Crippen molar-refractivity contribution in [3.8, 4) is 0 Å². The molecule has 0 aliphatic heterocycles. The highest BCUT2D eigenvalue weighted by atomic mass is 16.6. The maximum atomic E-state index is 11.8. The molecule has 1 rings (SSSR count). The Kier molecular flexibility index (Phi) is 6.72. The minimum atomic E-state index is -0.479. The van der Waals surface area contributed by atoms with Gasteiger partial charge in [0.05, 0.1) is 5.56 Å². The molecule has 0 spiro atoms. The van der Waals surface area contributed by atoms with Crippen LogP contribution in [0.3, 0.4) is 0 Å². The van der Waals surface area contributed by atoms with Crippen molar-refractivity contribution in [2.24, 2.45) is 0 Å². The van der Waals surface area contributed by atoms with Crippen LogP contribution >= 0.6 is 0 Å². The summed E-state index contributed by atoms with van der Waals surface area (Å²) in [4.78, 5) is 25.1. The first-order valence-corrected chi connectivity index (χ1v) is 7.17. The number of amides is 1. The van der Waals surface area contributed by atoms with Crippen LogP contribution in [0.1, 0.15) is 36.7 Å². The van der Waals surface area contributed by atoms with E-state index >= 15 is 0 Å². The lowest BCUT2D eigenvalue weighted by molar-refractivity contribution is 0.0139. The largest absolute Gasteiger partial charge is 0.458 e. The van der Waals surface area contributed by atoms with Crippen molar-refractivity contribution in [3.05, 3.63) is 35.4 Å². The average molecular weight is 293 g/mol. The number of esters is 1. The van der Waals surface area contributed by atoms with Crippen molar-refractivity contribution < 1.29 is 19.1 Å². The molecule has 0 radical (unpaired) electrons. The first-order valence-electron chi connectivity index (χ1n) is 7.17. The van der Waals surface area contributed by atoms with E-state index in [0.717, 1.165) is 5.56 Å². The van der Waals surface area contributed by atoms with E-state index in [1.165, 1.54) is 0 Å². The van der Waals surface area contributed by atoms with Crippen molar-refractivity contribution in [1.82, 2.24) is 4.90 Å². The second-order valence-electron chi connectivity index (χ2n) is 4.83. The van der Waals surface area contributed by atoms with Crippen LogP contribution in [0.25, 0.3) is 0 Å². The lowest BCUT2D eigenvalue weighted by atomic mass is 10.1. The number of hydrogen-bond acceptors (Lipinski definition) is 4. The lowest BCUT2D eigenvalue weighted by Crippen LogP contribution is -2.34. The van der Waals surface area contributed by atoms with E-state index in [1.54, 1.807) is 24.0 Å². The molecular formula is C16H23NO4. The number of aryl methyl sites for hydroxylation is 1. The third-order valence-corrected chi connectivity index (χ3v) is 3.06. The first kappa shape index (κ1) is 17.0. The number of carbonyl (C=O) groups excluding carboxylic acids is 2. The molecule has 0 aliphatic carbocycles. The summed E-state index contributed by atoms with van der Waals surface area (Å²) in [5, 5.41) is 0. The third-order valence-electron chi connectivity index (χ3n) is 3.06. The van der Waals surface area contributed by atoms with E-state index in [0.29, 0.717) is 18.7 Å². The van der Waals surface area contributed by atoms with E-state index in [1.807, 2.05) is 32.9 Å². The molecule has 0 bridgehead atoms. The van der Waals surface area contributed by atoms with Gasteiger partial charge < -0.3 is 14.4 Å². The monoisotopic (exact) mass is 293 g/mol. The fraction of sp³-hybridized carbons (Fsp3) is 0.500. The van der Waals surface area contributed by atoms with E-state index in [4.69, 9.17) is 9.47 Å². The molecular weight excluding hydrogens is 270 g/mol. The highest BCUT2D eigenvalue weighted by molar-refractivity contribution is 5.89. The second-order valence-corrected chi connectivity index (χ2v) is 4.83. The Labute approximate surface area is 125 Å². The summed E-state index contributed by atoms with van der Waals surface area (Å²) < 4.78 is 10.4. The predicted molar refractivity (Wildman–Crippen MR) is 80.3 cm³/mol. The summed E-state index contributed by atoms with van der Waals surface area (Å²) in [7, 11) is 0. The van der Waals surface area contributed by atoms with Gasteiger partial charge >= 0.3 is 12.1 Å². The minimum Gasteiger partial charge on any atom is -0.458 e. The molecule has 1 aromatic carbocycles. The highest BCUT2D eigenvalue weighted by Gasteiger charge is 2.16. The Bertz CT molecular complexity index is 466. The van der Waals surface area contributed by atoms with Gasteiger partial charge in [-0.05, 0) is 39.8 Å². The van der Waals surface area contributed by atoms with Crippen LogP contribution in [0, 0.1) is 6.92 Å². The SMILES string of the molecule is CCN(CC)C(=O)OC(C)COC(=O)c1ccc(C)cc1. The molecule has 5 nitrogen and oxygen atoms in total. The van der Waals surface area contributed by atoms with Crippen LogP contribution in [-0.4, -0.2) is 42.8 Å². The van der Waals surface area contributed by atoms with Gasteiger partial charge in [-0.2, -0.15) is 0 Å². The van der Waals surface area contributed by atoms with Crippen molar-refractivity contribution in [2.75, 3.05) is 19.7 Å². The summed E-state index contributed by atoms with van der Waals surface area (Å²) in [6.07, 6.45) is -0.869. The fourth-order valence-corrected chi connectivity index (χ4v) is 1.73. The van der Waals surface area contributed by atoms with Gasteiger partial charge in [-0.15, -0.1) is 0 Å². The van der Waals surface area contributed by atoms with E-state index in [2.05, 4.69) is 0 Å². The molecule has 5 heteroatoms. The first-order chi connectivity index (χ1) is 9.97. The smallest absolute Gasteiger partial charge is 0.410 e. The van der Waals surface area contributed by atoms with Gasteiger partial charge in [-0.1, -0.05) is 17.7 Å². The van der Waals surface area contributed by atoms with Crippen LogP contribution in [0.4, 0.5) is 4.79 Å². The zero-order valence-electron chi connectivity index (χ0n) is 13.1. The molecule has 0 aromatic heterocycles. The molecule has 0 saturated heterocycles. The van der Waals surface area contributed by atoms with Gasteiger partial charge in [0, 0.05) is 13.1 Å². The van der Waals surface area contributed by atoms with Crippen LogP contribution in [0.2, 0.25) is 0 Å².